The van der Waals surface area contributed by atoms with Crippen molar-refractivity contribution in [1.29, 1.82) is 5.26 Å². The highest BCUT2D eigenvalue weighted by molar-refractivity contribution is 7.11. The molecule has 1 aromatic heterocycles. The number of nitrogens with zero attached hydrogens (tertiary/aromatic N) is 2. The van der Waals surface area contributed by atoms with Crippen LogP contribution in [0, 0.1) is 11.3 Å². The Morgan fingerprint density at radius 2 is 2.67 bits per heavy atom. The lowest BCUT2D eigenvalue weighted by Crippen LogP contribution is -2.30. The van der Waals surface area contributed by atoms with E-state index in [1.54, 1.807) is 12.4 Å². The second-order valence-electron chi connectivity index (χ2n) is 2.19. The van der Waals surface area contributed by atoms with Crippen molar-refractivity contribution in [3.63, 3.8) is 0 Å². The van der Waals surface area contributed by atoms with Crippen LogP contribution in [0.1, 0.15) is 16.6 Å². The Labute approximate surface area is 73.9 Å². The number of amides is 1. The molecule has 0 saturated heterocycles. The van der Waals surface area contributed by atoms with Crippen molar-refractivity contribution in [2.75, 3.05) is 0 Å². The number of nitriles is 1. The van der Waals surface area contributed by atoms with Gasteiger partial charge >= 0.3 is 0 Å². The van der Waals surface area contributed by atoms with Crippen molar-refractivity contribution < 1.29 is 4.79 Å². The number of carbonyl (C=O) groups excluding carboxylic acids is 1. The lowest BCUT2D eigenvalue weighted by Gasteiger charge is -2.02. The predicted octanol–water partition coefficient (Wildman–Crippen LogP) is 0.785. The van der Waals surface area contributed by atoms with Gasteiger partial charge < -0.3 is 5.32 Å². The second-order valence-corrected chi connectivity index (χ2v) is 3.08. The van der Waals surface area contributed by atoms with E-state index in [1.807, 2.05) is 6.07 Å². The Hall–Kier alpha value is -1.41. The molecule has 1 rings (SSSR count). The summed E-state index contributed by atoms with van der Waals surface area (Å²) in [5.41, 5.74) is 1.58. The minimum absolute atomic E-state index is 0.244. The van der Waals surface area contributed by atoms with E-state index < -0.39 is 6.04 Å². The highest BCUT2D eigenvalue weighted by Crippen LogP contribution is 2.04. The van der Waals surface area contributed by atoms with Gasteiger partial charge in [0.05, 0.1) is 17.8 Å². The van der Waals surface area contributed by atoms with E-state index in [0.29, 0.717) is 4.88 Å². The van der Waals surface area contributed by atoms with E-state index in [9.17, 15) is 4.79 Å². The van der Waals surface area contributed by atoms with Gasteiger partial charge in [-0.3, -0.25) is 9.78 Å². The Morgan fingerprint density at radius 3 is 3.17 bits per heavy atom. The van der Waals surface area contributed by atoms with Gasteiger partial charge in [-0.25, -0.2) is 0 Å². The van der Waals surface area contributed by atoms with E-state index >= 15 is 0 Å². The highest BCUT2D eigenvalue weighted by atomic mass is 32.1. The summed E-state index contributed by atoms with van der Waals surface area (Å²) in [6.45, 7) is 1.62. The number of thiazole rings is 1. The molecule has 0 saturated carbocycles. The lowest BCUT2D eigenvalue weighted by atomic mass is 10.3. The maximum absolute atomic E-state index is 11.2. The van der Waals surface area contributed by atoms with Crippen LogP contribution in [0.2, 0.25) is 0 Å². The van der Waals surface area contributed by atoms with Gasteiger partial charge in [0.2, 0.25) is 0 Å². The smallest absolute Gasteiger partial charge is 0.264 e. The molecule has 62 valence electrons. The predicted molar refractivity (Wildman–Crippen MR) is 44.7 cm³/mol. The molecule has 1 heterocycles. The van der Waals surface area contributed by atoms with Gasteiger partial charge in [0.25, 0.3) is 5.91 Å². The van der Waals surface area contributed by atoms with Gasteiger partial charge in [-0.05, 0) is 6.92 Å². The minimum atomic E-state index is -0.459. The summed E-state index contributed by atoms with van der Waals surface area (Å²) in [6, 6.07) is 1.45. The molecule has 0 aromatic carbocycles. The first-order valence-electron chi connectivity index (χ1n) is 3.33. The monoisotopic (exact) mass is 181 g/mol. The van der Waals surface area contributed by atoms with Crippen LogP contribution in [0.5, 0.6) is 0 Å². The quantitative estimate of drug-likeness (QED) is 0.733. The molecular formula is C7H7N3OS. The first-order valence-corrected chi connectivity index (χ1v) is 4.21. The second kappa shape index (κ2) is 3.83. The van der Waals surface area contributed by atoms with Gasteiger partial charge in [0.1, 0.15) is 10.9 Å². The van der Waals surface area contributed by atoms with Crippen molar-refractivity contribution >= 4 is 17.2 Å². The Bertz CT molecular complexity index is 301. The third-order valence-electron chi connectivity index (χ3n) is 1.20. The Morgan fingerprint density at radius 1 is 1.92 bits per heavy atom. The first-order chi connectivity index (χ1) is 5.74. The fourth-order valence-electron chi connectivity index (χ4n) is 0.628. The largest absolute Gasteiger partial charge is 0.336 e. The molecule has 0 fully saturated rings. The van der Waals surface area contributed by atoms with Crippen LogP contribution in [0.25, 0.3) is 0 Å². The zero-order chi connectivity index (χ0) is 8.97. The normalized spacial score (nSPS) is 11.7. The van der Waals surface area contributed by atoms with Crippen molar-refractivity contribution in [2.45, 2.75) is 13.0 Å². The van der Waals surface area contributed by atoms with Crippen LogP contribution < -0.4 is 5.32 Å². The van der Waals surface area contributed by atoms with Crippen molar-refractivity contribution in [3.05, 3.63) is 16.6 Å². The van der Waals surface area contributed by atoms with Gasteiger partial charge in [-0.2, -0.15) is 5.26 Å². The molecule has 5 heteroatoms. The lowest BCUT2D eigenvalue weighted by molar-refractivity contribution is 0.0951. The molecule has 0 spiro atoms. The standard InChI is InChI=1S/C7H7N3OS/c1-5(2-8)10-7(11)6-3-9-4-12-6/h3-5H,1H3,(H,10,11). The Balaban J connectivity index is 2.57. The maximum atomic E-state index is 11.2. The molecule has 0 radical (unpaired) electrons. The average molecular weight is 181 g/mol. The topological polar surface area (TPSA) is 65.8 Å². The fraction of sp³-hybridized carbons (Fsp3) is 0.286. The van der Waals surface area contributed by atoms with Crippen LogP contribution in [0.4, 0.5) is 0 Å². The molecule has 0 aliphatic heterocycles. The molecule has 1 N–H and O–H groups in total. The summed E-state index contributed by atoms with van der Waals surface area (Å²) >= 11 is 1.25. The van der Waals surface area contributed by atoms with E-state index in [2.05, 4.69) is 10.3 Å². The zero-order valence-electron chi connectivity index (χ0n) is 6.44. The van der Waals surface area contributed by atoms with Crippen LogP contribution in [-0.4, -0.2) is 16.9 Å². The molecule has 1 unspecified atom stereocenters. The molecule has 1 atom stereocenters. The fourth-order valence-corrected chi connectivity index (χ4v) is 1.15. The SMILES string of the molecule is CC(C#N)NC(=O)c1cncs1. The third kappa shape index (κ3) is 2.04. The minimum Gasteiger partial charge on any atom is -0.336 e. The molecule has 1 aromatic rings. The number of hydrogen-bond donors (Lipinski definition) is 1. The number of nitrogens with one attached hydrogen (secondary N) is 1. The number of rotatable bonds is 2. The van der Waals surface area contributed by atoms with Gasteiger partial charge in [0.15, 0.2) is 0 Å². The summed E-state index contributed by atoms with van der Waals surface area (Å²) in [7, 11) is 0. The molecule has 1 amide bonds. The van der Waals surface area contributed by atoms with Gasteiger partial charge in [-0.15, -0.1) is 11.3 Å². The van der Waals surface area contributed by atoms with Crippen molar-refractivity contribution in [3.8, 4) is 6.07 Å². The van der Waals surface area contributed by atoms with Crippen LogP contribution in [0.15, 0.2) is 11.7 Å². The maximum Gasteiger partial charge on any atom is 0.264 e. The molecule has 4 nitrogen and oxygen atoms in total. The summed E-state index contributed by atoms with van der Waals surface area (Å²) in [5, 5.41) is 10.9. The third-order valence-corrected chi connectivity index (χ3v) is 1.97. The zero-order valence-corrected chi connectivity index (χ0v) is 7.26. The first kappa shape index (κ1) is 8.68. The average Bonchev–Trinajstić information content (AvgIpc) is 2.56. The van der Waals surface area contributed by atoms with Crippen molar-refractivity contribution in [2.24, 2.45) is 0 Å². The molecule has 0 bridgehead atoms. The molecule has 12 heavy (non-hydrogen) atoms. The number of hydrogen-bond acceptors (Lipinski definition) is 4. The van der Waals surface area contributed by atoms with E-state index in [1.165, 1.54) is 17.5 Å². The van der Waals surface area contributed by atoms with Crippen molar-refractivity contribution in [1.82, 2.24) is 10.3 Å². The highest BCUT2D eigenvalue weighted by Gasteiger charge is 2.09. The molecule has 0 aliphatic carbocycles. The summed E-state index contributed by atoms with van der Waals surface area (Å²) in [5.74, 6) is -0.244. The number of carbonyl (C=O) groups is 1. The van der Waals surface area contributed by atoms with Crippen LogP contribution in [0.3, 0.4) is 0 Å². The van der Waals surface area contributed by atoms with Gasteiger partial charge in [0, 0.05) is 0 Å². The van der Waals surface area contributed by atoms with Gasteiger partial charge in [-0.1, -0.05) is 0 Å². The van der Waals surface area contributed by atoms with Crippen LogP contribution >= 0.6 is 11.3 Å². The van der Waals surface area contributed by atoms with E-state index in [0.717, 1.165) is 0 Å². The number of aromatic nitrogens is 1. The molecular weight excluding hydrogens is 174 g/mol. The van der Waals surface area contributed by atoms with E-state index in [4.69, 9.17) is 5.26 Å². The molecule has 0 aliphatic rings. The van der Waals surface area contributed by atoms with E-state index in [-0.39, 0.29) is 5.91 Å². The van der Waals surface area contributed by atoms with Crippen LogP contribution in [-0.2, 0) is 0 Å². The summed E-state index contributed by atoms with van der Waals surface area (Å²) < 4.78 is 0. The summed E-state index contributed by atoms with van der Waals surface area (Å²) in [4.78, 5) is 15.5. The summed E-state index contributed by atoms with van der Waals surface area (Å²) in [6.07, 6.45) is 1.48. The Kier molecular flexibility index (Phi) is 2.77.